The third-order valence-corrected chi connectivity index (χ3v) is 22.1. The van der Waals surface area contributed by atoms with E-state index >= 15 is 4.79 Å². The van der Waals surface area contributed by atoms with E-state index in [9.17, 15) is 84.3 Å². The van der Waals surface area contributed by atoms with Gasteiger partial charge >= 0.3 is 0 Å². The number of hydrogen-bond donors (Lipinski definition) is 12. The summed E-state index contributed by atoms with van der Waals surface area (Å²) in [5, 5.41) is 96.0. The van der Waals surface area contributed by atoms with Gasteiger partial charge in [0.1, 0.15) is 19.8 Å². The van der Waals surface area contributed by atoms with E-state index in [1.54, 1.807) is 0 Å². The second kappa shape index (κ2) is 37.1. The minimum Gasteiger partial charge on any atom is -0.394 e. The van der Waals surface area contributed by atoms with Crippen LogP contribution in [0, 0.1) is 32.1 Å². The normalized spacial score (nSPS) is 12.2. The minimum atomic E-state index is -1.34. The highest BCUT2D eigenvalue weighted by Crippen LogP contribution is 2.40. The molecule has 0 heterocycles. The number of hydrogen-bond acceptors (Lipinski definition) is 18. The maximum absolute atomic E-state index is 15.4. The summed E-state index contributed by atoms with van der Waals surface area (Å²) < 4.78 is 1.64. The van der Waals surface area contributed by atoms with Crippen LogP contribution in [0.2, 0.25) is 0 Å². The number of benzene rings is 3. The van der Waals surface area contributed by atoms with Crippen LogP contribution in [0.25, 0.3) is 0 Å². The molecule has 0 aliphatic heterocycles. The Balaban J connectivity index is 2.25. The molecule has 0 radical (unpaired) electrons. The van der Waals surface area contributed by atoms with E-state index in [4.69, 9.17) is 0 Å². The van der Waals surface area contributed by atoms with E-state index in [2.05, 4.69) is 16.0 Å². The second-order valence-electron chi connectivity index (χ2n) is 18.8. The summed E-state index contributed by atoms with van der Waals surface area (Å²) in [7, 11) is 7.03. The van der Waals surface area contributed by atoms with Crippen LogP contribution in [0.4, 0.5) is 17.1 Å². The lowest BCUT2D eigenvalue weighted by Crippen LogP contribution is -2.40. The Morgan fingerprint density at radius 1 is 0.337 bits per heavy atom. The fourth-order valence-electron chi connectivity index (χ4n) is 7.98. The highest BCUT2D eigenvalue weighted by Gasteiger charge is 2.36. The molecule has 9 amide bonds. The number of nitrogens with zero attached hydrogens (tertiary/aromatic N) is 6. The summed E-state index contributed by atoms with van der Waals surface area (Å²) in [5.74, 6) is -6.59. The van der Waals surface area contributed by atoms with Crippen LogP contribution < -0.4 is 16.0 Å². The van der Waals surface area contributed by atoms with Gasteiger partial charge in [-0.15, -0.1) is 0 Å². The Labute approximate surface area is 616 Å². The van der Waals surface area contributed by atoms with Crippen LogP contribution >= 0.6 is 203 Å². The largest absolute Gasteiger partial charge is 0.394 e. The molecule has 0 fully saturated rings. The Bertz CT molecular complexity index is 2960. The van der Waals surface area contributed by atoms with Gasteiger partial charge in [0.15, 0.2) is 0 Å². The summed E-state index contributed by atoms with van der Waals surface area (Å²) >= 11 is 16.5. The minimum absolute atomic E-state index is 0.00104. The van der Waals surface area contributed by atoms with Crippen molar-refractivity contribution in [2.75, 3.05) is 137 Å². The zero-order chi connectivity index (χ0) is 65.5. The fourth-order valence-corrected chi connectivity index (χ4v) is 21.1. The summed E-state index contributed by atoms with van der Waals surface area (Å²) in [6, 6.07) is 0. The van der Waals surface area contributed by atoms with Crippen molar-refractivity contribution in [3.63, 3.8) is 0 Å². The SMILES string of the molecule is CN(CCCN(CCCN(C)C(=O)c1c(I)c(NC(=O)CO)c(I)c(C(=O)N(C)CC(O)CO)c1I)C(=O)c1c(I)c(NC(=O)CO)c(I)c(C(=O)N(C)CC(O)CO)c1I)C(=O)c1c(I)c(NC(=O)CO)c(I)c(C(=O)N(C)CC(O)CO)c1I. The van der Waals surface area contributed by atoms with Crippen LogP contribution in [0.1, 0.15) is 75.0 Å². The van der Waals surface area contributed by atoms with Gasteiger partial charge in [0.2, 0.25) is 17.7 Å². The summed E-state index contributed by atoms with van der Waals surface area (Å²) in [5.41, 5.74) is -0.122. The fraction of sp³-hybridized carbons (Fsp3) is 0.460. The molecule has 3 rings (SSSR count). The third kappa shape index (κ3) is 20.1. The molecule has 27 nitrogen and oxygen atoms in total. The number of aliphatic hydroxyl groups is 9. The van der Waals surface area contributed by atoms with Gasteiger partial charge < -0.3 is 91.3 Å². The number of anilines is 3. The summed E-state index contributed by atoms with van der Waals surface area (Å²) in [4.78, 5) is 133. The molecule has 476 valence electrons. The van der Waals surface area contributed by atoms with Crippen molar-refractivity contribution < 1.29 is 89.1 Å². The van der Waals surface area contributed by atoms with E-state index in [0.717, 1.165) is 14.7 Å². The quantitative estimate of drug-likeness (QED) is 0.0442. The first-order chi connectivity index (χ1) is 40.2. The number of nitrogens with one attached hydrogen (secondary N) is 3. The van der Waals surface area contributed by atoms with Crippen molar-refractivity contribution in [3.05, 3.63) is 65.5 Å². The molecule has 0 aliphatic rings. The molecular weight excluding hydrogens is 2160 g/mol. The predicted molar refractivity (Wildman–Crippen MR) is 390 cm³/mol. The number of aliphatic hydroxyl groups excluding tert-OH is 9. The zero-order valence-corrected chi connectivity index (χ0v) is 65.5. The molecule has 0 saturated carbocycles. The Morgan fingerprint density at radius 3 is 0.756 bits per heavy atom. The van der Waals surface area contributed by atoms with E-state index in [-0.39, 0.29) is 141 Å². The van der Waals surface area contributed by atoms with E-state index < -0.39 is 111 Å². The van der Waals surface area contributed by atoms with Crippen molar-refractivity contribution in [2.45, 2.75) is 31.2 Å². The number of likely N-dealkylation sites (N-methyl/N-ethyl adjacent to an activating group) is 3. The molecule has 0 saturated heterocycles. The first-order valence-corrected chi connectivity index (χ1v) is 34.7. The van der Waals surface area contributed by atoms with Crippen molar-refractivity contribution in [1.82, 2.24) is 29.4 Å². The van der Waals surface area contributed by atoms with Gasteiger partial charge in [-0.25, -0.2) is 0 Å². The van der Waals surface area contributed by atoms with Crippen LogP contribution in [0.15, 0.2) is 0 Å². The van der Waals surface area contributed by atoms with Crippen molar-refractivity contribution >= 4 is 274 Å². The second-order valence-corrected chi connectivity index (χ2v) is 28.5. The standard InChI is InChI=1S/C50H60I9N9O18/c1-63(45(81)27-33(51)29(47(83)65(3)12-21(75)15-69)38(56)42(36(27)54)60-24(78)18-72)8-6-10-68(50(86)32-35(53)31(49(85)67(5)14-23(77)17-71)40(58)44(41(32)59)62-26(80)20-74)11-7-9-64(2)46(82)28-34(52)30(48(84)66(4)13-22(76)16-70)39(57)43(37(28)55)61-25(79)19-73/h21-23,69-77H,6-20H2,1-5H3,(H,60,78)(H,61,79)(H,62,80). The zero-order valence-electron chi connectivity index (χ0n) is 46.1. The highest BCUT2D eigenvalue weighted by atomic mass is 127. The topological polar surface area (TPSA) is 391 Å². The lowest BCUT2D eigenvalue weighted by atomic mass is 10.1. The van der Waals surface area contributed by atoms with Gasteiger partial charge in [-0.2, -0.15) is 0 Å². The molecule has 0 aromatic heterocycles. The number of carbonyl (C=O) groups excluding carboxylic acids is 9. The predicted octanol–water partition coefficient (Wildman–Crippen LogP) is 1.96. The number of halogens is 9. The van der Waals surface area contributed by atoms with Crippen LogP contribution in [-0.2, 0) is 14.4 Å². The Hall–Kier alpha value is -0.900. The Morgan fingerprint density at radius 2 is 0.547 bits per heavy atom. The maximum atomic E-state index is 15.4. The van der Waals surface area contributed by atoms with Gasteiger partial charge in [0.05, 0.1) is 110 Å². The molecule has 3 aromatic carbocycles. The van der Waals surface area contributed by atoms with Crippen LogP contribution in [-0.4, -0.2) is 268 Å². The molecule has 0 spiro atoms. The maximum Gasteiger partial charge on any atom is 0.256 e. The average Bonchev–Trinajstić information content (AvgIpc) is 1.01. The van der Waals surface area contributed by atoms with E-state index in [0.29, 0.717) is 0 Å². The van der Waals surface area contributed by atoms with E-state index in [1.165, 1.54) is 49.9 Å². The molecule has 3 aromatic rings. The van der Waals surface area contributed by atoms with Crippen molar-refractivity contribution in [2.24, 2.45) is 0 Å². The number of rotatable bonds is 29. The summed E-state index contributed by atoms with van der Waals surface area (Å²) in [6.45, 7) is -6.12. The molecule has 36 heteroatoms. The van der Waals surface area contributed by atoms with Crippen LogP contribution in [0.3, 0.4) is 0 Å². The first-order valence-electron chi connectivity index (χ1n) is 25.0. The van der Waals surface area contributed by atoms with Gasteiger partial charge in [0.25, 0.3) is 35.4 Å². The molecular formula is C50H60I9N9O18. The smallest absolute Gasteiger partial charge is 0.256 e. The van der Waals surface area contributed by atoms with Crippen molar-refractivity contribution in [3.8, 4) is 0 Å². The van der Waals surface area contributed by atoms with Gasteiger partial charge in [0, 0.05) is 91.8 Å². The number of carbonyl (C=O) groups is 9. The van der Waals surface area contributed by atoms with Crippen molar-refractivity contribution in [1.29, 1.82) is 0 Å². The van der Waals surface area contributed by atoms with Gasteiger partial charge in [-0.1, -0.05) is 0 Å². The lowest BCUT2D eigenvalue weighted by molar-refractivity contribution is -0.119. The monoisotopic (exact) mass is 2220 g/mol. The number of amides is 9. The molecule has 12 N–H and O–H groups in total. The molecule has 3 atom stereocenters. The van der Waals surface area contributed by atoms with Crippen LogP contribution in [0.5, 0.6) is 0 Å². The average molecular weight is 2220 g/mol. The summed E-state index contributed by atoms with van der Waals surface area (Å²) in [6.07, 6.45) is -3.85. The Kier molecular flexibility index (Phi) is 34.2. The molecule has 0 bridgehead atoms. The molecule has 86 heavy (non-hydrogen) atoms. The first kappa shape index (κ1) is 79.3. The van der Waals surface area contributed by atoms with E-state index in [1.807, 2.05) is 203 Å². The molecule has 0 aliphatic carbocycles. The highest BCUT2D eigenvalue weighted by molar-refractivity contribution is 14.1. The lowest BCUT2D eigenvalue weighted by Gasteiger charge is -2.29. The van der Waals surface area contributed by atoms with Gasteiger partial charge in [-0.3, -0.25) is 43.2 Å². The third-order valence-electron chi connectivity index (χ3n) is 12.4. The van der Waals surface area contributed by atoms with Gasteiger partial charge in [-0.05, 0) is 216 Å². The molecule has 3 unspecified atom stereocenters.